The summed E-state index contributed by atoms with van der Waals surface area (Å²) in [7, 11) is 1.53. The van der Waals surface area contributed by atoms with Gasteiger partial charge in [0.1, 0.15) is 5.82 Å². The molecule has 1 saturated carbocycles. The third kappa shape index (κ3) is 5.05. The molecule has 0 saturated heterocycles. The standard InChI is InChI=1S/C29H29FN4O2/c1-18(33-28(35)22-9-7-21(8-10-22)26-14-16-32-29(34-26)36-2)19-3-5-20(6-4-19)24-13-15-31-27-12-11-23(30)17-25(24)27/h7-20H,3-6H2,1-2H3,(H,33,35)/t18-,19?,20?/m1/s1. The fourth-order valence-corrected chi connectivity index (χ4v) is 5.23. The predicted molar refractivity (Wildman–Crippen MR) is 137 cm³/mol. The first-order chi connectivity index (χ1) is 17.5. The molecule has 2 heterocycles. The zero-order valence-electron chi connectivity index (χ0n) is 20.4. The number of carbonyl (C=O) groups is 1. The molecule has 1 N–H and O–H groups in total. The lowest BCUT2D eigenvalue weighted by Gasteiger charge is -2.33. The van der Waals surface area contributed by atoms with Crippen LogP contribution in [0.5, 0.6) is 6.01 Å². The molecular formula is C29H29FN4O2. The Hall–Kier alpha value is -3.87. The molecular weight excluding hydrogens is 455 g/mol. The van der Waals surface area contributed by atoms with Gasteiger partial charge in [-0.15, -0.1) is 0 Å². The van der Waals surface area contributed by atoms with Crippen molar-refractivity contribution in [3.8, 4) is 17.3 Å². The van der Waals surface area contributed by atoms with Gasteiger partial charge in [-0.1, -0.05) is 12.1 Å². The first-order valence-electron chi connectivity index (χ1n) is 12.3. The average molecular weight is 485 g/mol. The average Bonchev–Trinajstić information content (AvgIpc) is 2.93. The SMILES string of the molecule is COc1nccc(-c2ccc(C(=O)N[C@H](C)C3CCC(c4ccnc5ccc(F)cc45)CC3)cc2)n1. The summed E-state index contributed by atoms with van der Waals surface area (Å²) in [5.41, 5.74) is 4.26. The van der Waals surface area contributed by atoms with Gasteiger partial charge in [0.05, 0.1) is 18.3 Å². The molecule has 1 fully saturated rings. The molecule has 2 aromatic carbocycles. The lowest BCUT2D eigenvalue weighted by atomic mass is 9.75. The van der Waals surface area contributed by atoms with Crippen molar-refractivity contribution >= 4 is 16.8 Å². The Balaban J connectivity index is 1.19. The summed E-state index contributed by atoms with van der Waals surface area (Å²) < 4.78 is 19.0. The number of pyridine rings is 1. The number of ether oxygens (including phenoxy) is 1. The van der Waals surface area contributed by atoms with Gasteiger partial charge in [-0.2, -0.15) is 4.98 Å². The first kappa shape index (κ1) is 23.9. The number of nitrogens with zero attached hydrogens (tertiary/aromatic N) is 3. The maximum absolute atomic E-state index is 13.9. The number of hydrogen-bond donors (Lipinski definition) is 1. The normalized spacial score (nSPS) is 18.5. The van der Waals surface area contributed by atoms with Crippen molar-refractivity contribution in [3.05, 3.63) is 83.9 Å². The molecule has 36 heavy (non-hydrogen) atoms. The Morgan fingerprint density at radius 3 is 2.50 bits per heavy atom. The molecule has 0 spiro atoms. The van der Waals surface area contributed by atoms with Crippen LogP contribution in [0.3, 0.4) is 0 Å². The van der Waals surface area contributed by atoms with Crippen molar-refractivity contribution in [2.24, 2.45) is 5.92 Å². The molecule has 5 rings (SSSR count). The summed E-state index contributed by atoms with van der Waals surface area (Å²) in [4.78, 5) is 25.7. The zero-order chi connectivity index (χ0) is 25.1. The second-order valence-corrected chi connectivity index (χ2v) is 9.44. The van der Waals surface area contributed by atoms with Crippen molar-refractivity contribution in [1.82, 2.24) is 20.3 Å². The molecule has 1 aliphatic carbocycles. The summed E-state index contributed by atoms with van der Waals surface area (Å²) in [5, 5.41) is 4.10. The molecule has 2 aromatic heterocycles. The van der Waals surface area contributed by atoms with Crippen LogP contribution >= 0.6 is 0 Å². The van der Waals surface area contributed by atoms with Crippen LogP contribution < -0.4 is 10.1 Å². The molecule has 1 amide bonds. The van der Waals surface area contributed by atoms with Gasteiger partial charge >= 0.3 is 6.01 Å². The van der Waals surface area contributed by atoms with Gasteiger partial charge in [0.15, 0.2) is 0 Å². The second-order valence-electron chi connectivity index (χ2n) is 9.44. The monoisotopic (exact) mass is 484 g/mol. The first-order valence-corrected chi connectivity index (χ1v) is 12.3. The number of hydrogen-bond acceptors (Lipinski definition) is 5. The summed E-state index contributed by atoms with van der Waals surface area (Å²) in [6.07, 6.45) is 7.51. The van der Waals surface area contributed by atoms with Crippen molar-refractivity contribution in [2.45, 2.75) is 44.6 Å². The van der Waals surface area contributed by atoms with Crippen LogP contribution in [0.2, 0.25) is 0 Å². The van der Waals surface area contributed by atoms with E-state index >= 15 is 0 Å². The Labute approximate surface area is 210 Å². The number of benzene rings is 2. The van der Waals surface area contributed by atoms with Gasteiger partial charge in [-0.05, 0) is 92.5 Å². The number of nitrogens with one attached hydrogen (secondary N) is 1. The van der Waals surface area contributed by atoms with Gasteiger partial charge in [-0.3, -0.25) is 9.78 Å². The minimum Gasteiger partial charge on any atom is -0.467 e. The number of rotatable bonds is 6. The molecule has 0 unspecified atom stereocenters. The molecule has 4 aromatic rings. The van der Waals surface area contributed by atoms with Gasteiger partial charge in [0.25, 0.3) is 5.91 Å². The summed E-state index contributed by atoms with van der Waals surface area (Å²) in [6.45, 7) is 2.08. The van der Waals surface area contributed by atoms with Crippen molar-refractivity contribution < 1.29 is 13.9 Å². The third-order valence-electron chi connectivity index (χ3n) is 7.27. The number of methoxy groups -OCH3 is 1. The molecule has 6 nitrogen and oxygen atoms in total. The minimum absolute atomic E-state index is 0.0656. The molecule has 184 valence electrons. The van der Waals surface area contributed by atoms with Gasteiger partial charge in [-0.25, -0.2) is 9.37 Å². The van der Waals surface area contributed by atoms with E-state index in [0.29, 0.717) is 23.4 Å². The van der Waals surface area contributed by atoms with Crippen LogP contribution in [-0.4, -0.2) is 34.0 Å². The van der Waals surface area contributed by atoms with E-state index in [0.717, 1.165) is 47.8 Å². The van der Waals surface area contributed by atoms with Crippen LogP contribution in [-0.2, 0) is 0 Å². The van der Waals surface area contributed by atoms with E-state index in [-0.39, 0.29) is 17.8 Å². The van der Waals surface area contributed by atoms with E-state index in [1.165, 1.54) is 18.7 Å². The number of carbonyl (C=O) groups excluding carboxylic acids is 1. The van der Waals surface area contributed by atoms with Crippen LogP contribution in [0.25, 0.3) is 22.2 Å². The highest BCUT2D eigenvalue weighted by molar-refractivity contribution is 5.94. The molecule has 0 bridgehead atoms. The molecule has 1 atom stereocenters. The molecule has 0 radical (unpaired) electrons. The van der Waals surface area contributed by atoms with Gasteiger partial charge < -0.3 is 10.1 Å². The fraction of sp³-hybridized carbons (Fsp3) is 0.310. The van der Waals surface area contributed by atoms with Crippen molar-refractivity contribution in [3.63, 3.8) is 0 Å². The Morgan fingerprint density at radius 2 is 1.75 bits per heavy atom. The van der Waals surface area contributed by atoms with E-state index in [1.54, 1.807) is 24.4 Å². The lowest BCUT2D eigenvalue weighted by Crippen LogP contribution is -2.39. The van der Waals surface area contributed by atoms with Crippen molar-refractivity contribution in [1.29, 1.82) is 0 Å². The Bertz CT molecular complexity index is 1370. The maximum Gasteiger partial charge on any atom is 0.316 e. The van der Waals surface area contributed by atoms with E-state index in [1.807, 2.05) is 36.5 Å². The number of fused-ring (bicyclic) bond motifs is 1. The lowest BCUT2D eigenvalue weighted by molar-refractivity contribution is 0.0918. The number of halogens is 1. The van der Waals surface area contributed by atoms with Crippen LogP contribution in [0.1, 0.15) is 54.4 Å². The summed E-state index contributed by atoms with van der Waals surface area (Å²) in [6, 6.07) is 16.4. The molecule has 7 heteroatoms. The van der Waals surface area contributed by atoms with E-state index in [2.05, 4.69) is 27.2 Å². The minimum atomic E-state index is -0.230. The Kier molecular flexibility index (Phi) is 6.89. The molecule has 1 aliphatic rings. The van der Waals surface area contributed by atoms with Crippen LogP contribution in [0, 0.1) is 11.7 Å². The van der Waals surface area contributed by atoms with E-state index < -0.39 is 0 Å². The van der Waals surface area contributed by atoms with E-state index in [4.69, 9.17) is 4.74 Å². The molecule has 0 aliphatic heterocycles. The highest BCUT2D eigenvalue weighted by Gasteiger charge is 2.28. The largest absolute Gasteiger partial charge is 0.467 e. The number of amides is 1. The van der Waals surface area contributed by atoms with E-state index in [9.17, 15) is 9.18 Å². The quantitative estimate of drug-likeness (QED) is 0.367. The van der Waals surface area contributed by atoms with Gasteiger partial charge in [0, 0.05) is 34.9 Å². The van der Waals surface area contributed by atoms with Crippen molar-refractivity contribution in [2.75, 3.05) is 7.11 Å². The third-order valence-corrected chi connectivity index (χ3v) is 7.27. The summed E-state index contributed by atoms with van der Waals surface area (Å²) in [5.74, 6) is 0.478. The van der Waals surface area contributed by atoms with Crippen LogP contribution in [0.15, 0.2) is 67.0 Å². The summed E-state index contributed by atoms with van der Waals surface area (Å²) >= 11 is 0. The number of aromatic nitrogens is 3. The predicted octanol–water partition coefficient (Wildman–Crippen LogP) is 5.93. The highest BCUT2D eigenvalue weighted by atomic mass is 19.1. The fourth-order valence-electron chi connectivity index (χ4n) is 5.23. The Morgan fingerprint density at radius 1 is 1.00 bits per heavy atom. The smallest absolute Gasteiger partial charge is 0.316 e. The topological polar surface area (TPSA) is 77.0 Å². The zero-order valence-corrected chi connectivity index (χ0v) is 20.4. The second kappa shape index (κ2) is 10.4. The van der Waals surface area contributed by atoms with Crippen LogP contribution in [0.4, 0.5) is 4.39 Å². The highest BCUT2D eigenvalue weighted by Crippen LogP contribution is 2.39. The van der Waals surface area contributed by atoms with Gasteiger partial charge in [0.2, 0.25) is 0 Å². The maximum atomic E-state index is 13.9.